The fourth-order valence-electron chi connectivity index (χ4n) is 1.98. The molecule has 0 amide bonds. The first-order chi connectivity index (χ1) is 9.56. The number of nitrogens with two attached hydrogens (primary N) is 1. The number of hydrogen-bond acceptors (Lipinski definition) is 5. The molecule has 0 aliphatic rings. The molecular weight excluding hydrogens is 254 g/mol. The quantitative estimate of drug-likeness (QED) is 0.927. The van der Waals surface area contributed by atoms with Crippen LogP contribution in [0.15, 0.2) is 24.3 Å². The number of hydrogen-bond donors (Lipinski definition) is 1. The van der Waals surface area contributed by atoms with E-state index in [0.717, 1.165) is 5.56 Å². The molecule has 0 saturated heterocycles. The normalized spacial score (nSPS) is 10.7. The molecule has 5 nitrogen and oxygen atoms in total. The first-order valence-electron chi connectivity index (χ1n) is 6.42. The van der Waals surface area contributed by atoms with Crippen LogP contribution in [0, 0.1) is 0 Å². The van der Waals surface area contributed by atoms with Gasteiger partial charge in [0.25, 0.3) is 0 Å². The summed E-state index contributed by atoms with van der Waals surface area (Å²) in [6.07, 6.45) is 0. The number of nitrogens with zero attached hydrogens (tertiary/aromatic N) is 2. The van der Waals surface area contributed by atoms with E-state index in [1.807, 2.05) is 32.0 Å². The van der Waals surface area contributed by atoms with Gasteiger partial charge in [0.05, 0.1) is 25.5 Å². The van der Waals surface area contributed by atoms with Crippen molar-refractivity contribution in [3.8, 4) is 22.8 Å². The van der Waals surface area contributed by atoms with Crippen LogP contribution in [0.25, 0.3) is 11.3 Å². The molecule has 0 bridgehead atoms. The molecule has 1 aromatic carbocycles. The number of aromatic nitrogens is 2. The van der Waals surface area contributed by atoms with E-state index in [9.17, 15) is 0 Å². The van der Waals surface area contributed by atoms with E-state index in [-0.39, 0.29) is 5.92 Å². The SMILES string of the molecule is COc1cccc(OC)c1-c1cc(N)nc(C(C)C)n1. The lowest BCUT2D eigenvalue weighted by molar-refractivity contribution is 0.397. The van der Waals surface area contributed by atoms with Crippen molar-refractivity contribution in [2.75, 3.05) is 20.0 Å². The summed E-state index contributed by atoms with van der Waals surface area (Å²) in [7, 11) is 3.23. The Morgan fingerprint density at radius 2 is 1.65 bits per heavy atom. The van der Waals surface area contributed by atoms with Crippen molar-refractivity contribution >= 4 is 5.82 Å². The molecule has 2 rings (SSSR count). The first-order valence-corrected chi connectivity index (χ1v) is 6.42. The second kappa shape index (κ2) is 5.77. The van der Waals surface area contributed by atoms with Gasteiger partial charge >= 0.3 is 0 Å². The summed E-state index contributed by atoms with van der Waals surface area (Å²) in [6, 6.07) is 7.33. The lowest BCUT2D eigenvalue weighted by Gasteiger charge is -2.14. The van der Waals surface area contributed by atoms with Crippen LogP contribution in [0.1, 0.15) is 25.6 Å². The van der Waals surface area contributed by atoms with Crippen LogP contribution >= 0.6 is 0 Å². The molecular formula is C15H19N3O2. The average molecular weight is 273 g/mol. The third kappa shape index (κ3) is 2.66. The molecule has 0 saturated carbocycles. The van der Waals surface area contributed by atoms with Crippen molar-refractivity contribution in [2.45, 2.75) is 19.8 Å². The van der Waals surface area contributed by atoms with Crippen molar-refractivity contribution in [3.63, 3.8) is 0 Å². The van der Waals surface area contributed by atoms with E-state index in [1.165, 1.54) is 0 Å². The zero-order chi connectivity index (χ0) is 14.7. The van der Waals surface area contributed by atoms with Gasteiger partial charge in [-0.3, -0.25) is 0 Å². The summed E-state index contributed by atoms with van der Waals surface area (Å²) in [5.41, 5.74) is 7.37. The Kier molecular flexibility index (Phi) is 4.08. The molecule has 2 aromatic rings. The molecule has 5 heteroatoms. The summed E-state index contributed by atoms with van der Waals surface area (Å²) in [5.74, 6) is 2.71. The molecule has 20 heavy (non-hydrogen) atoms. The van der Waals surface area contributed by atoms with Crippen LogP contribution in [0.2, 0.25) is 0 Å². The highest BCUT2D eigenvalue weighted by atomic mass is 16.5. The topological polar surface area (TPSA) is 70.3 Å². The number of methoxy groups -OCH3 is 2. The summed E-state index contributed by atoms with van der Waals surface area (Å²) in [6.45, 7) is 4.05. The van der Waals surface area contributed by atoms with Gasteiger partial charge in [0.15, 0.2) is 0 Å². The smallest absolute Gasteiger partial charge is 0.133 e. The van der Waals surface area contributed by atoms with Crippen LogP contribution < -0.4 is 15.2 Å². The molecule has 0 radical (unpaired) electrons. The van der Waals surface area contributed by atoms with Gasteiger partial charge in [0.2, 0.25) is 0 Å². The molecule has 0 aliphatic carbocycles. The molecule has 2 N–H and O–H groups in total. The van der Waals surface area contributed by atoms with E-state index in [4.69, 9.17) is 15.2 Å². The third-order valence-corrected chi connectivity index (χ3v) is 2.96. The molecule has 1 aromatic heterocycles. The Morgan fingerprint density at radius 1 is 1.05 bits per heavy atom. The summed E-state index contributed by atoms with van der Waals surface area (Å²) < 4.78 is 10.8. The standard InChI is InChI=1S/C15H19N3O2/c1-9(2)15-17-10(8-13(16)18-15)14-11(19-3)6-5-7-12(14)20-4/h5-9H,1-4H3,(H2,16,17,18). The third-order valence-electron chi connectivity index (χ3n) is 2.96. The Labute approximate surface area is 118 Å². The minimum absolute atomic E-state index is 0.193. The molecule has 0 aliphatic heterocycles. The van der Waals surface area contributed by atoms with Crippen LogP contribution in [0.4, 0.5) is 5.82 Å². The lowest BCUT2D eigenvalue weighted by atomic mass is 10.1. The Balaban J connectivity index is 2.67. The second-order valence-corrected chi connectivity index (χ2v) is 4.73. The molecule has 1 heterocycles. The van der Waals surface area contributed by atoms with E-state index in [2.05, 4.69) is 9.97 Å². The van der Waals surface area contributed by atoms with Gasteiger partial charge in [-0.1, -0.05) is 19.9 Å². The van der Waals surface area contributed by atoms with Gasteiger partial charge in [-0.05, 0) is 12.1 Å². The van der Waals surface area contributed by atoms with E-state index in [1.54, 1.807) is 20.3 Å². The van der Waals surface area contributed by atoms with Gasteiger partial charge in [0, 0.05) is 12.0 Å². The highest BCUT2D eigenvalue weighted by Crippen LogP contribution is 2.37. The zero-order valence-corrected chi connectivity index (χ0v) is 12.2. The average Bonchev–Trinajstić information content (AvgIpc) is 2.45. The van der Waals surface area contributed by atoms with Gasteiger partial charge in [-0.25, -0.2) is 9.97 Å². The maximum Gasteiger partial charge on any atom is 0.133 e. The van der Waals surface area contributed by atoms with Crippen molar-refractivity contribution in [1.82, 2.24) is 9.97 Å². The van der Waals surface area contributed by atoms with Crippen LogP contribution in [0.3, 0.4) is 0 Å². The summed E-state index contributed by atoms with van der Waals surface area (Å²) in [4.78, 5) is 8.82. The number of ether oxygens (including phenoxy) is 2. The monoisotopic (exact) mass is 273 g/mol. The fourth-order valence-corrected chi connectivity index (χ4v) is 1.98. The Morgan fingerprint density at radius 3 is 2.15 bits per heavy atom. The predicted octanol–water partition coefficient (Wildman–Crippen LogP) is 2.87. The highest BCUT2D eigenvalue weighted by Gasteiger charge is 2.16. The maximum atomic E-state index is 5.88. The molecule has 0 spiro atoms. The Hall–Kier alpha value is -2.30. The number of rotatable bonds is 4. The van der Waals surface area contributed by atoms with Crippen LogP contribution in [-0.2, 0) is 0 Å². The fraction of sp³-hybridized carbons (Fsp3) is 0.333. The van der Waals surface area contributed by atoms with Crippen molar-refractivity contribution in [1.29, 1.82) is 0 Å². The molecule has 0 fully saturated rings. The second-order valence-electron chi connectivity index (χ2n) is 4.73. The van der Waals surface area contributed by atoms with Crippen molar-refractivity contribution < 1.29 is 9.47 Å². The van der Waals surface area contributed by atoms with Gasteiger partial charge in [-0.2, -0.15) is 0 Å². The molecule has 0 unspecified atom stereocenters. The summed E-state index contributed by atoms with van der Waals surface area (Å²) in [5, 5.41) is 0. The maximum absolute atomic E-state index is 5.88. The predicted molar refractivity (Wildman–Crippen MR) is 79.1 cm³/mol. The lowest BCUT2D eigenvalue weighted by Crippen LogP contribution is -2.04. The van der Waals surface area contributed by atoms with E-state index < -0.39 is 0 Å². The minimum atomic E-state index is 0.193. The largest absolute Gasteiger partial charge is 0.496 e. The Bertz CT molecular complexity index is 590. The zero-order valence-electron chi connectivity index (χ0n) is 12.2. The molecule has 106 valence electrons. The number of nitrogen functional groups attached to an aromatic ring is 1. The first kappa shape index (κ1) is 14.1. The number of anilines is 1. The minimum Gasteiger partial charge on any atom is -0.496 e. The number of benzene rings is 1. The van der Waals surface area contributed by atoms with Crippen molar-refractivity contribution in [3.05, 3.63) is 30.1 Å². The summed E-state index contributed by atoms with van der Waals surface area (Å²) >= 11 is 0. The van der Waals surface area contributed by atoms with E-state index >= 15 is 0 Å². The van der Waals surface area contributed by atoms with Crippen molar-refractivity contribution in [2.24, 2.45) is 0 Å². The molecule has 0 atom stereocenters. The van der Waals surface area contributed by atoms with Crippen LogP contribution in [-0.4, -0.2) is 24.2 Å². The van der Waals surface area contributed by atoms with Gasteiger partial charge in [-0.15, -0.1) is 0 Å². The van der Waals surface area contributed by atoms with Gasteiger partial charge < -0.3 is 15.2 Å². The van der Waals surface area contributed by atoms with Gasteiger partial charge in [0.1, 0.15) is 23.1 Å². The highest BCUT2D eigenvalue weighted by molar-refractivity contribution is 5.75. The van der Waals surface area contributed by atoms with Crippen LogP contribution in [0.5, 0.6) is 11.5 Å². The van der Waals surface area contributed by atoms with E-state index in [0.29, 0.717) is 28.8 Å².